The van der Waals surface area contributed by atoms with Gasteiger partial charge in [-0.2, -0.15) is 4.39 Å². The molecule has 0 bridgehead atoms. The second-order valence-corrected chi connectivity index (χ2v) is 10.6. The third-order valence-electron chi connectivity index (χ3n) is 8.26. The first-order valence-electron chi connectivity index (χ1n) is 12.3. The van der Waals surface area contributed by atoms with E-state index < -0.39 is 76.5 Å². The molecule has 5 atom stereocenters. The van der Waals surface area contributed by atoms with Crippen molar-refractivity contribution in [1.29, 1.82) is 0 Å². The minimum atomic E-state index is -2.74. The molecule has 0 aliphatic heterocycles. The van der Waals surface area contributed by atoms with Crippen molar-refractivity contribution in [2.45, 2.75) is 24.9 Å². The monoisotopic (exact) mass is 536 g/mol. The van der Waals surface area contributed by atoms with Gasteiger partial charge in [-0.1, -0.05) is 12.1 Å². The molecule has 11 heteroatoms. The minimum absolute atomic E-state index is 0.0168. The smallest absolute Gasteiger partial charge is 0.332 e. The van der Waals surface area contributed by atoms with Gasteiger partial charge in [-0.15, -0.1) is 0 Å². The van der Waals surface area contributed by atoms with Crippen LogP contribution < -0.4 is 10.6 Å². The SMILES string of the molecule is CN(C)c1cc(-c2cccc(C(=O)F)c2)c(O)c2c1C[C@H]1C[C@H]3CC(=O)C(C(N)=O)C(=O)[C@@]3(O)C(=O)C1C2=O. The number of carbonyl (C=O) groups is 6. The van der Waals surface area contributed by atoms with Crippen LogP contribution in [0.3, 0.4) is 0 Å². The van der Waals surface area contributed by atoms with Crippen LogP contribution in [0.1, 0.15) is 39.1 Å². The lowest BCUT2D eigenvalue weighted by Crippen LogP contribution is -2.68. The quantitative estimate of drug-likeness (QED) is 0.383. The highest BCUT2D eigenvalue weighted by molar-refractivity contribution is 6.31. The molecule has 0 aromatic heterocycles. The van der Waals surface area contributed by atoms with Gasteiger partial charge in [0.15, 0.2) is 34.7 Å². The van der Waals surface area contributed by atoms with Gasteiger partial charge in [0, 0.05) is 37.7 Å². The van der Waals surface area contributed by atoms with E-state index in [-0.39, 0.29) is 35.1 Å². The van der Waals surface area contributed by atoms with Crippen molar-refractivity contribution in [3.63, 3.8) is 0 Å². The number of carbonyl (C=O) groups excluding carboxylic acids is 6. The largest absolute Gasteiger partial charge is 0.507 e. The molecule has 5 rings (SSSR count). The van der Waals surface area contributed by atoms with Crippen LogP contribution >= 0.6 is 0 Å². The molecular formula is C28H25FN2O8. The van der Waals surface area contributed by atoms with Gasteiger partial charge in [-0.3, -0.25) is 28.8 Å². The van der Waals surface area contributed by atoms with Crippen molar-refractivity contribution in [1.82, 2.24) is 0 Å². The summed E-state index contributed by atoms with van der Waals surface area (Å²) in [7, 11) is 3.42. The Morgan fingerprint density at radius 1 is 1.08 bits per heavy atom. The lowest BCUT2D eigenvalue weighted by Gasteiger charge is -2.48. The van der Waals surface area contributed by atoms with Crippen molar-refractivity contribution < 1.29 is 43.4 Å². The number of fused-ring (bicyclic) bond motifs is 3. The average molecular weight is 537 g/mol. The molecule has 3 aliphatic carbocycles. The Bertz CT molecular complexity index is 1520. The van der Waals surface area contributed by atoms with Crippen LogP contribution in [0, 0.1) is 23.7 Å². The highest BCUT2D eigenvalue weighted by atomic mass is 19.1. The van der Waals surface area contributed by atoms with Crippen molar-refractivity contribution in [2.24, 2.45) is 29.4 Å². The van der Waals surface area contributed by atoms with Crippen LogP contribution in [-0.4, -0.2) is 65.0 Å². The maximum absolute atomic E-state index is 13.9. The molecule has 39 heavy (non-hydrogen) atoms. The number of anilines is 1. The van der Waals surface area contributed by atoms with E-state index in [4.69, 9.17) is 5.73 Å². The number of rotatable bonds is 4. The Balaban J connectivity index is 1.66. The number of hydrogen-bond acceptors (Lipinski definition) is 9. The molecule has 2 unspecified atom stereocenters. The summed E-state index contributed by atoms with van der Waals surface area (Å²) in [5.74, 6) is -11.1. The van der Waals surface area contributed by atoms with E-state index in [1.165, 1.54) is 24.3 Å². The number of primary amides is 1. The summed E-state index contributed by atoms with van der Waals surface area (Å²) >= 11 is 0. The Morgan fingerprint density at radius 2 is 1.77 bits per heavy atom. The summed E-state index contributed by atoms with van der Waals surface area (Å²) in [6.07, 6.45) is -0.312. The van der Waals surface area contributed by atoms with E-state index >= 15 is 0 Å². The second kappa shape index (κ2) is 8.91. The molecule has 4 N–H and O–H groups in total. The lowest BCUT2D eigenvalue weighted by molar-refractivity contribution is -0.175. The number of phenolic OH excluding ortho intramolecular Hbond substituents is 1. The van der Waals surface area contributed by atoms with Crippen LogP contribution in [0.4, 0.5) is 10.1 Å². The highest BCUT2D eigenvalue weighted by Gasteiger charge is 2.66. The number of aliphatic hydroxyl groups is 1. The van der Waals surface area contributed by atoms with E-state index in [1.807, 2.05) is 0 Å². The van der Waals surface area contributed by atoms with Crippen molar-refractivity contribution >= 4 is 40.8 Å². The Kier molecular flexibility index (Phi) is 6.02. The Morgan fingerprint density at radius 3 is 2.38 bits per heavy atom. The first kappa shape index (κ1) is 26.4. The van der Waals surface area contributed by atoms with Crippen molar-refractivity contribution in [2.75, 3.05) is 19.0 Å². The van der Waals surface area contributed by atoms with Crippen molar-refractivity contribution in [3.8, 4) is 16.9 Å². The second-order valence-electron chi connectivity index (χ2n) is 10.6. The molecular weight excluding hydrogens is 511 g/mol. The molecule has 10 nitrogen and oxygen atoms in total. The number of hydrogen-bond donors (Lipinski definition) is 3. The molecule has 0 spiro atoms. The highest BCUT2D eigenvalue weighted by Crippen LogP contribution is 2.52. The van der Waals surface area contributed by atoms with Crippen LogP contribution in [-0.2, 0) is 25.6 Å². The molecule has 0 radical (unpaired) electrons. The number of amides is 1. The maximum Gasteiger partial charge on any atom is 0.332 e. The predicted molar refractivity (Wildman–Crippen MR) is 134 cm³/mol. The zero-order valence-electron chi connectivity index (χ0n) is 21.1. The molecule has 2 aromatic rings. The third kappa shape index (κ3) is 3.71. The summed E-state index contributed by atoms with van der Waals surface area (Å²) in [4.78, 5) is 78.0. The van der Waals surface area contributed by atoms with Crippen LogP contribution in [0.5, 0.6) is 5.75 Å². The number of aromatic hydroxyl groups is 1. The summed E-state index contributed by atoms with van der Waals surface area (Å²) in [6.45, 7) is 0. The van der Waals surface area contributed by atoms with Gasteiger partial charge in [0.2, 0.25) is 5.91 Å². The Hall–Kier alpha value is -4.25. The van der Waals surface area contributed by atoms with Crippen LogP contribution in [0.25, 0.3) is 11.1 Å². The fraction of sp³-hybridized carbons (Fsp3) is 0.357. The van der Waals surface area contributed by atoms with Gasteiger partial charge in [0.1, 0.15) is 5.75 Å². The number of Topliss-reactive ketones (excluding diaryl/α,β-unsaturated/α-hetero) is 4. The molecule has 1 amide bonds. The van der Waals surface area contributed by atoms with Gasteiger partial charge in [0.05, 0.1) is 17.0 Å². The molecule has 2 fully saturated rings. The summed E-state index contributed by atoms with van der Waals surface area (Å²) < 4.78 is 13.4. The zero-order valence-corrected chi connectivity index (χ0v) is 21.1. The summed E-state index contributed by atoms with van der Waals surface area (Å²) in [5.41, 5.74) is 3.35. The normalized spacial score (nSPS) is 27.9. The third-order valence-corrected chi connectivity index (χ3v) is 8.26. The standard InChI is InChI=1S/C28H25FN2O8/c1-31(2)17-10-15(11-4-3-5-12(6-11)26(29)37)22(33)20-16(17)8-13-7-14-9-18(32)21(27(30)38)25(36)28(14,39)24(35)19(13)23(20)34/h3-6,10,13-14,19,21,33,39H,7-9H2,1-2H3,(H2,30,38)/t13-,14+,19?,21?,28+/m1/s1. The fourth-order valence-corrected chi connectivity index (χ4v) is 6.44. The molecule has 202 valence electrons. The van der Waals surface area contributed by atoms with Gasteiger partial charge in [0.25, 0.3) is 0 Å². The van der Waals surface area contributed by atoms with E-state index in [2.05, 4.69) is 0 Å². The van der Waals surface area contributed by atoms with Crippen LogP contribution in [0.15, 0.2) is 30.3 Å². The average Bonchev–Trinajstić information content (AvgIpc) is 2.86. The minimum Gasteiger partial charge on any atom is -0.507 e. The van der Waals surface area contributed by atoms with E-state index in [9.17, 15) is 43.4 Å². The van der Waals surface area contributed by atoms with Crippen LogP contribution in [0.2, 0.25) is 0 Å². The Labute approximate surface area is 221 Å². The van der Waals surface area contributed by atoms with Crippen molar-refractivity contribution in [3.05, 3.63) is 47.0 Å². The number of benzene rings is 2. The van der Waals surface area contributed by atoms with E-state index in [0.29, 0.717) is 11.3 Å². The lowest BCUT2D eigenvalue weighted by atomic mass is 9.53. The zero-order chi connectivity index (χ0) is 28.5. The number of phenols is 1. The first-order valence-corrected chi connectivity index (χ1v) is 12.3. The van der Waals surface area contributed by atoms with Gasteiger partial charge in [-0.05, 0) is 48.1 Å². The molecule has 2 aromatic carbocycles. The molecule has 3 aliphatic rings. The number of ketones is 4. The van der Waals surface area contributed by atoms with Gasteiger partial charge in [-0.25, -0.2) is 0 Å². The topological polar surface area (TPSA) is 172 Å². The molecule has 0 heterocycles. The number of nitrogens with two attached hydrogens (primary N) is 1. The molecule has 0 saturated heterocycles. The maximum atomic E-state index is 13.9. The van der Waals surface area contributed by atoms with E-state index in [1.54, 1.807) is 25.1 Å². The van der Waals surface area contributed by atoms with Gasteiger partial charge >= 0.3 is 6.04 Å². The summed E-state index contributed by atoms with van der Waals surface area (Å²) in [6, 6.07) is 5.33. The number of halogens is 1. The predicted octanol–water partition coefficient (Wildman–Crippen LogP) is 1.17. The molecule has 2 saturated carbocycles. The van der Waals surface area contributed by atoms with Gasteiger partial charge < -0.3 is 20.8 Å². The number of nitrogens with zero attached hydrogens (tertiary/aromatic N) is 1. The first-order chi connectivity index (χ1) is 18.3. The summed E-state index contributed by atoms with van der Waals surface area (Å²) in [5, 5.41) is 22.7. The fourth-order valence-electron chi connectivity index (χ4n) is 6.44. The van der Waals surface area contributed by atoms with E-state index in [0.717, 1.165) is 0 Å².